The van der Waals surface area contributed by atoms with Crippen molar-refractivity contribution < 1.29 is 14.3 Å². The number of benzene rings is 1. The molecule has 1 fully saturated rings. The van der Waals surface area contributed by atoms with Gasteiger partial charge < -0.3 is 19.7 Å². The number of amides is 1. The van der Waals surface area contributed by atoms with Gasteiger partial charge in [0.1, 0.15) is 22.7 Å². The van der Waals surface area contributed by atoms with Crippen LogP contribution in [0, 0.1) is 11.3 Å². The molecule has 1 amide bonds. The molecule has 0 unspecified atom stereocenters. The fraction of sp³-hybridized carbons (Fsp3) is 0.481. The number of nitrogens with one attached hydrogen (secondary N) is 2. The van der Waals surface area contributed by atoms with E-state index in [-0.39, 0.29) is 17.2 Å². The number of aromatic amines is 1. The topological polar surface area (TPSA) is 105 Å². The molecule has 194 valence electrons. The van der Waals surface area contributed by atoms with Gasteiger partial charge in [-0.15, -0.1) is 11.3 Å². The number of morpholine rings is 1. The predicted octanol–water partition coefficient (Wildman–Crippen LogP) is 4.70. The number of ether oxygens (including phenoxy) is 2. The summed E-state index contributed by atoms with van der Waals surface area (Å²) in [5.74, 6) is 1.79. The number of aryl methyl sites for hydroxylation is 1. The zero-order valence-electron chi connectivity index (χ0n) is 21.5. The minimum Gasteiger partial charge on any atom is -0.491 e. The van der Waals surface area contributed by atoms with Gasteiger partial charge in [0.25, 0.3) is 0 Å². The van der Waals surface area contributed by atoms with E-state index in [1.54, 1.807) is 17.7 Å². The molecule has 1 aliphatic heterocycles. The molecule has 6 rings (SSSR count). The number of fused-ring (bicyclic) bond motifs is 4. The number of nitrogens with zero attached hydrogens (tertiary/aromatic N) is 4. The van der Waals surface area contributed by atoms with Gasteiger partial charge in [0.05, 0.1) is 42.6 Å². The van der Waals surface area contributed by atoms with Crippen LogP contribution in [0.5, 0.6) is 5.75 Å². The summed E-state index contributed by atoms with van der Waals surface area (Å²) in [7, 11) is 0. The predicted molar refractivity (Wildman–Crippen MR) is 145 cm³/mol. The number of carbonyl (C=O) groups excluding carboxylic acids is 1. The molecule has 1 saturated heterocycles. The highest BCUT2D eigenvalue weighted by molar-refractivity contribution is 7.19. The standard InChI is InChI=1S/C27H32N6O3S/c1-27(2,3)14-36-21-12-19-17(13-30-32-19)10-20(21)31-24-23-18-5-4-16(26(34)33-6-8-35-9-7-33)11-22(18)37-25(23)29-15-28-24/h10,12-13,15-16H,4-9,11,14H2,1-3H3,(H,30,32)(H,28,29,31)/t16-/m0/s1. The highest BCUT2D eigenvalue weighted by Crippen LogP contribution is 2.42. The van der Waals surface area contributed by atoms with E-state index in [2.05, 4.69) is 46.3 Å². The van der Waals surface area contributed by atoms with Crippen molar-refractivity contribution in [2.45, 2.75) is 40.0 Å². The summed E-state index contributed by atoms with van der Waals surface area (Å²) >= 11 is 1.68. The molecule has 37 heavy (non-hydrogen) atoms. The second kappa shape index (κ2) is 9.57. The zero-order chi connectivity index (χ0) is 25.6. The number of rotatable bonds is 5. The maximum Gasteiger partial charge on any atom is 0.226 e. The van der Waals surface area contributed by atoms with Crippen LogP contribution in [-0.2, 0) is 22.4 Å². The SMILES string of the molecule is CC(C)(C)COc1cc2[nH]ncc2cc1Nc1ncnc2sc3c(c12)CC[C@H](C(=O)N1CCOCC1)C3. The molecule has 9 nitrogen and oxygen atoms in total. The third-order valence-electron chi connectivity index (χ3n) is 6.97. The van der Waals surface area contributed by atoms with Gasteiger partial charge >= 0.3 is 0 Å². The van der Waals surface area contributed by atoms with Crippen LogP contribution in [0.15, 0.2) is 24.7 Å². The van der Waals surface area contributed by atoms with Gasteiger partial charge in [-0.1, -0.05) is 20.8 Å². The van der Waals surface area contributed by atoms with Crippen LogP contribution in [0.1, 0.15) is 37.6 Å². The second-order valence-electron chi connectivity index (χ2n) is 11.1. The number of hydrogen-bond donors (Lipinski definition) is 2. The Kier molecular flexibility index (Phi) is 6.24. The molecule has 2 aliphatic rings. The normalized spacial score (nSPS) is 18.2. The number of anilines is 2. The lowest BCUT2D eigenvalue weighted by atomic mass is 9.86. The molecule has 4 heterocycles. The molecule has 2 N–H and O–H groups in total. The largest absolute Gasteiger partial charge is 0.491 e. The highest BCUT2D eigenvalue weighted by atomic mass is 32.1. The summed E-state index contributed by atoms with van der Waals surface area (Å²) in [4.78, 5) is 26.5. The van der Waals surface area contributed by atoms with Crippen molar-refractivity contribution in [3.05, 3.63) is 35.1 Å². The number of aromatic nitrogens is 4. The molecule has 1 aliphatic carbocycles. The summed E-state index contributed by atoms with van der Waals surface area (Å²) in [6.07, 6.45) is 5.85. The molecule has 0 radical (unpaired) electrons. The Morgan fingerprint density at radius 2 is 2.11 bits per heavy atom. The molecule has 10 heteroatoms. The van der Waals surface area contributed by atoms with Gasteiger partial charge in [0.2, 0.25) is 5.91 Å². The Balaban J connectivity index is 1.31. The summed E-state index contributed by atoms with van der Waals surface area (Å²) in [5, 5.41) is 12.8. The second-order valence-corrected chi connectivity index (χ2v) is 12.1. The molecule has 4 aromatic rings. The van der Waals surface area contributed by atoms with Crippen molar-refractivity contribution in [2.24, 2.45) is 11.3 Å². The highest BCUT2D eigenvalue weighted by Gasteiger charge is 2.32. The molecule has 0 saturated carbocycles. The Hall–Kier alpha value is -3.24. The molecule has 0 spiro atoms. The van der Waals surface area contributed by atoms with Gasteiger partial charge in [0, 0.05) is 35.3 Å². The Morgan fingerprint density at radius 3 is 2.92 bits per heavy atom. The van der Waals surface area contributed by atoms with Crippen LogP contribution in [0.3, 0.4) is 0 Å². The van der Waals surface area contributed by atoms with E-state index in [0.717, 1.165) is 57.6 Å². The van der Waals surface area contributed by atoms with E-state index in [9.17, 15) is 4.79 Å². The third-order valence-corrected chi connectivity index (χ3v) is 8.13. The first-order valence-corrected chi connectivity index (χ1v) is 13.7. The average molecular weight is 521 g/mol. The maximum atomic E-state index is 13.2. The molecule has 3 aromatic heterocycles. The monoisotopic (exact) mass is 520 g/mol. The van der Waals surface area contributed by atoms with Crippen LogP contribution < -0.4 is 10.1 Å². The number of H-pyrrole nitrogens is 1. The van der Waals surface area contributed by atoms with Gasteiger partial charge in [-0.3, -0.25) is 9.89 Å². The van der Waals surface area contributed by atoms with Crippen molar-refractivity contribution >= 4 is 49.9 Å². The number of carbonyl (C=O) groups is 1. The Labute approximate surface area is 219 Å². The Bertz CT molecular complexity index is 1450. The van der Waals surface area contributed by atoms with Gasteiger partial charge in [0.15, 0.2) is 0 Å². The van der Waals surface area contributed by atoms with Crippen LogP contribution >= 0.6 is 11.3 Å². The van der Waals surface area contributed by atoms with E-state index < -0.39 is 0 Å². The molecular weight excluding hydrogens is 488 g/mol. The van der Waals surface area contributed by atoms with Crippen molar-refractivity contribution in [1.29, 1.82) is 0 Å². The van der Waals surface area contributed by atoms with Gasteiger partial charge in [-0.2, -0.15) is 5.10 Å². The number of hydrogen-bond acceptors (Lipinski definition) is 8. The van der Waals surface area contributed by atoms with Gasteiger partial charge in [-0.05, 0) is 36.3 Å². The fourth-order valence-corrected chi connectivity index (χ4v) is 6.34. The molecule has 1 aromatic carbocycles. The summed E-state index contributed by atoms with van der Waals surface area (Å²) in [6.45, 7) is 9.66. The zero-order valence-corrected chi connectivity index (χ0v) is 22.3. The van der Waals surface area contributed by atoms with Crippen molar-refractivity contribution in [3.8, 4) is 5.75 Å². The first-order valence-electron chi connectivity index (χ1n) is 12.8. The Morgan fingerprint density at radius 1 is 1.27 bits per heavy atom. The summed E-state index contributed by atoms with van der Waals surface area (Å²) in [5.41, 5.74) is 3.04. The van der Waals surface area contributed by atoms with Crippen molar-refractivity contribution in [3.63, 3.8) is 0 Å². The van der Waals surface area contributed by atoms with Crippen molar-refractivity contribution in [2.75, 3.05) is 38.2 Å². The van der Waals surface area contributed by atoms with E-state index in [1.807, 2.05) is 23.2 Å². The summed E-state index contributed by atoms with van der Waals surface area (Å²) in [6, 6.07) is 4.03. The minimum absolute atomic E-state index is 0.0175. The average Bonchev–Trinajstić information content (AvgIpc) is 3.50. The molecule has 1 atom stereocenters. The van der Waals surface area contributed by atoms with Crippen LogP contribution in [-0.4, -0.2) is 63.9 Å². The van der Waals surface area contributed by atoms with E-state index in [1.165, 1.54) is 10.4 Å². The lowest BCUT2D eigenvalue weighted by Crippen LogP contribution is -2.44. The smallest absolute Gasteiger partial charge is 0.226 e. The molecular formula is C27H32N6O3S. The van der Waals surface area contributed by atoms with Crippen LogP contribution in [0.25, 0.3) is 21.1 Å². The minimum atomic E-state index is 0.0175. The quantitative estimate of drug-likeness (QED) is 0.393. The lowest BCUT2D eigenvalue weighted by molar-refractivity contribution is -0.140. The third kappa shape index (κ3) is 4.87. The van der Waals surface area contributed by atoms with E-state index >= 15 is 0 Å². The van der Waals surface area contributed by atoms with Gasteiger partial charge in [-0.25, -0.2) is 9.97 Å². The first kappa shape index (κ1) is 24.1. The fourth-order valence-electron chi connectivity index (χ4n) is 5.07. The van der Waals surface area contributed by atoms with Crippen molar-refractivity contribution in [1.82, 2.24) is 25.1 Å². The van der Waals surface area contributed by atoms with E-state index in [0.29, 0.717) is 32.9 Å². The first-order chi connectivity index (χ1) is 17.9. The summed E-state index contributed by atoms with van der Waals surface area (Å²) < 4.78 is 11.7. The van der Waals surface area contributed by atoms with E-state index in [4.69, 9.17) is 9.47 Å². The van der Waals surface area contributed by atoms with Crippen LogP contribution in [0.4, 0.5) is 11.5 Å². The lowest BCUT2D eigenvalue weighted by Gasteiger charge is -2.32. The molecule has 0 bridgehead atoms. The van der Waals surface area contributed by atoms with Crippen LogP contribution in [0.2, 0.25) is 0 Å². The number of thiophene rings is 1. The maximum absolute atomic E-state index is 13.2.